The van der Waals surface area contributed by atoms with Gasteiger partial charge < -0.3 is 5.73 Å². The summed E-state index contributed by atoms with van der Waals surface area (Å²) < 4.78 is 25.7. The van der Waals surface area contributed by atoms with Gasteiger partial charge in [-0.2, -0.15) is 0 Å². The number of primary amides is 1. The molecule has 0 heterocycles. The molecule has 0 fully saturated rings. The first-order valence-electron chi connectivity index (χ1n) is 8.06. The fourth-order valence-electron chi connectivity index (χ4n) is 2.59. The van der Waals surface area contributed by atoms with Crippen LogP contribution >= 0.6 is 11.6 Å². The molecule has 0 aliphatic heterocycles. The van der Waals surface area contributed by atoms with Crippen LogP contribution in [0.4, 0.5) is 0 Å². The van der Waals surface area contributed by atoms with Crippen molar-refractivity contribution in [2.75, 3.05) is 0 Å². The first-order valence-corrected chi connectivity index (χ1v) is 9.92. The van der Waals surface area contributed by atoms with E-state index >= 15 is 0 Å². The fraction of sp³-hybridized carbons (Fsp3) is 0. The molecule has 0 bridgehead atoms. The fourth-order valence-corrected chi connectivity index (χ4v) is 4.25. The summed E-state index contributed by atoms with van der Waals surface area (Å²) in [4.78, 5) is 11.5. The van der Waals surface area contributed by atoms with Gasteiger partial charge in [-0.05, 0) is 41.5 Å². The Labute approximate surface area is 162 Å². The van der Waals surface area contributed by atoms with E-state index in [0.29, 0.717) is 5.02 Å². The van der Waals surface area contributed by atoms with Crippen molar-refractivity contribution in [2.45, 2.75) is 9.79 Å². The standard InChI is InChI=1S/C21H16ClNO3S/c22-19-7-3-1-5-16(19)12-9-15-10-13-17(14-11-15)27(25,26)20-8-4-2-6-18(20)21(23)24/h1-14H,(H2,23,24)/b12-9+. The predicted octanol–water partition coefficient (Wildman–Crippen LogP) is 4.44. The van der Waals surface area contributed by atoms with Crippen molar-refractivity contribution in [2.24, 2.45) is 5.73 Å². The molecule has 0 saturated heterocycles. The minimum absolute atomic E-state index is 0.0276. The van der Waals surface area contributed by atoms with Crippen LogP contribution < -0.4 is 5.73 Å². The highest BCUT2D eigenvalue weighted by Crippen LogP contribution is 2.25. The smallest absolute Gasteiger partial charge is 0.250 e. The zero-order valence-electron chi connectivity index (χ0n) is 14.2. The van der Waals surface area contributed by atoms with Gasteiger partial charge in [0.25, 0.3) is 0 Å². The minimum atomic E-state index is -3.85. The maximum atomic E-state index is 12.9. The summed E-state index contributed by atoms with van der Waals surface area (Å²) in [6, 6.07) is 19.7. The van der Waals surface area contributed by atoms with Gasteiger partial charge in [0.2, 0.25) is 15.7 Å². The van der Waals surface area contributed by atoms with Gasteiger partial charge in [-0.1, -0.05) is 66.2 Å². The highest BCUT2D eigenvalue weighted by atomic mass is 35.5. The second kappa shape index (κ2) is 7.78. The summed E-state index contributed by atoms with van der Waals surface area (Å²) in [6.07, 6.45) is 3.70. The second-order valence-corrected chi connectivity index (χ2v) is 8.11. The molecule has 27 heavy (non-hydrogen) atoms. The first-order chi connectivity index (χ1) is 12.9. The Morgan fingerprint density at radius 1 is 0.852 bits per heavy atom. The maximum Gasteiger partial charge on any atom is 0.250 e. The number of rotatable bonds is 5. The molecule has 0 aliphatic carbocycles. The lowest BCUT2D eigenvalue weighted by atomic mass is 10.1. The Kier molecular flexibility index (Phi) is 5.44. The second-order valence-electron chi connectivity index (χ2n) is 5.79. The van der Waals surface area contributed by atoms with E-state index < -0.39 is 15.7 Å². The van der Waals surface area contributed by atoms with Crippen molar-refractivity contribution in [1.82, 2.24) is 0 Å². The molecule has 0 aliphatic rings. The Morgan fingerprint density at radius 2 is 1.48 bits per heavy atom. The monoisotopic (exact) mass is 397 g/mol. The van der Waals surface area contributed by atoms with Crippen molar-refractivity contribution in [1.29, 1.82) is 0 Å². The molecule has 0 radical (unpaired) electrons. The number of amides is 1. The van der Waals surface area contributed by atoms with E-state index in [1.54, 1.807) is 30.3 Å². The lowest BCUT2D eigenvalue weighted by Crippen LogP contribution is -2.16. The van der Waals surface area contributed by atoms with Crippen molar-refractivity contribution >= 4 is 39.5 Å². The zero-order chi connectivity index (χ0) is 19.4. The summed E-state index contributed by atoms with van der Waals surface area (Å²) in [5, 5.41) is 0.635. The number of carbonyl (C=O) groups excluding carboxylic acids is 1. The molecule has 0 atom stereocenters. The first kappa shape index (κ1) is 18.9. The van der Waals surface area contributed by atoms with Crippen LogP contribution in [0.2, 0.25) is 5.02 Å². The van der Waals surface area contributed by atoms with Crippen LogP contribution in [0.5, 0.6) is 0 Å². The highest BCUT2D eigenvalue weighted by Gasteiger charge is 2.22. The third-order valence-electron chi connectivity index (χ3n) is 3.99. The van der Waals surface area contributed by atoms with E-state index in [1.807, 2.05) is 30.4 Å². The third-order valence-corrected chi connectivity index (χ3v) is 6.17. The molecule has 0 spiro atoms. The average molecular weight is 398 g/mol. The van der Waals surface area contributed by atoms with Crippen LogP contribution in [0.15, 0.2) is 82.6 Å². The number of hydrogen-bond acceptors (Lipinski definition) is 3. The predicted molar refractivity (Wildman–Crippen MR) is 107 cm³/mol. The van der Waals surface area contributed by atoms with Gasteiger partial charge in [-0.25, -0.2) is 8.42 Å². The summed E-state index contributed by atoms with van der Waals surface area (Å²) >= 11 is 6.12. The van der Waals surface area contributed by atoms with Crippen molar-refractivity contribution in [3.05, 3.63) is 94.5 Å². The molecule has 0 saturated carbocycles. The van der Waals surface area contributed by atoms with Crippen LogP contribution in [-0.4, -0.2) is 14.3 Å². The molecule has 3 aromatic carbocycles. The van der Waals surface area contributed by atoms with Crippen molar-refractivity contribution < 1.29 is 13.2 Å². The summed E-state index contributed by atoms with van der Waals surface area (Å²) in [5.41, 5.74) is 6.95. The third kappa shape index (κ3) is 4.10. The zero-order valence-corrected chi connectivity index (χ0v) is 15.7. The van der Waals surface area contributed by atoms with Crippen LogP contribution in [0.25, 0.3) is 12.2 Å². The van der Waals surface area contributed by atoms with E-state index in [-0.39, 0.29) is 15.4 Å². The Morgan fingerprint density at radius 3 is 2.15 bits per heavy atom. The largest absolute Gasteiger partial charge is 0.366 e. The molecule has 3 aromatic rings. The lowest BCUT2D eigenvalue weighted by Gasteiger charge is -2.08. The average Bonchev–Trinajstić information content (AvgIpc) is 2.67. The Bertz CT molecular complexity index is 1120. The van der Waals surface area contributed by atoms with Gasteiger partial charge in [-0.15, -0.1) is 0 Å². The van der Waals surface area contributed by atoms with Crippen molar-refractivity contribution in [3.63, 3.8) is 0 Å². The highest BCUT2D eigenvalue weighted by molar-refractivity contribution is 7.91. The van der Waals surface area contributed by atoms with Gasteiger partial charge in [0.1, 0.15) is 0 Å². The SMILES string of the molecule is NC(=O)c1ccccc1S(=O)(=O)c1ccc(/C=C/c2ccccc2Cl)cc1. The number of halogens is 1. The van der Waals surface area contributed by atoms with E-state index in [2.05, 4.69) is 0 Å². The van der Waals surface area contributed by atoms with Crippen LogP contribution in [-0.2, 0) is 9.84 Å². The number of nitrogens with two attached hydrogens (primary N) is 1. The summed E-state index contributed by atoms with van der Waals surface area (Å²) in [7, 11) is -3.85. The molecule has 1 amide bonds. The van der Waals surface area contributed by atoms with Gasteiger partial charge in [0.05, 0.1) is 15.4 Å². The van der Waals surface area contributed by atoms with Gasteiger partial charge >= 0.3 is 0 Å². The number of carbonyl (C=O) groups is 1. The molecule has 6 heteroatoms. The molecular formula is C21H16ClNO3S. The number of benzene rings is 3. The topological polar surface area (TPSA) is 77.2 Å². The molecule has 0 aromatic heterocycles. The number of sulfone groups is 1. The Hall–Kier alpha value is -2.89. The van der Waals surface area contributed by atoms with Gasteiger partial charge in [0, 0.05) is 5.02 Å². The molecule has 0 unspecified atom stereocenters. The van der Waals surface area contributed by atoms with Crippen LogP contribution in [0, 0.1) is 0 Å². The normalized spacial score (nSPS) is 11.6. The van der Waals surface area contributed by atoms with Gasteiger partial charge in [-0.3, -0.25) is 4.79 Å². The molecule has 4 nitrogen and oxygen atoms in total. The lowest BCUT2D eigenvalue weighted by molar-refractivity contribution is 0.0997. The molecule has 136 valence electrons. The van der Waals surface area contributed by atoms with E-state index in [0.717, 1.165) is 11.1 Å². The summed E-state index contributed by atoms with van der Waals surface area (Å²) in [5.74, 6) is -0.784. The van der Waals surface area contributed by atoms with E-state index in [4.69, 9.17) is 17.3 Å². The van der Waals surface area contributed by atoms with Crippen LogP contribution in [0.3, 0.4) is 0 Å². The number of hydrogen-bond donors (Lipinski definition) is 1. The molecular weight excluding hydrogens is 382 g/mol. The van der Waals surface area contributed by atoms with Gasteiger partial charge in [0.15, 0.2) is 0 Å². The maximum absolute atomic E-state index is 12.9. The van der Waals surface area contributed by atoms with Crippen LogP contribution in [0.1, 0.15) is 21.5 Å². The Balaban J connectivity index is 1.91. The quantitative estimate of drug-likeness (QED) is 0.646. The molecule has 3 rings (SSSR count). The molecule has 2 N–H and O–H groups in total. The van der Waals surface area contributed by atoms with E-state index in [9.17, 15) is 13.2 Å². The summed E-state index contributed by atoms with van der Waals surface area (Å²) in [6.45, 7) is 0. The minimum Gasteiger partial charge on any atom is -0.366 e. The van der Waals surface area contributed by atoms with E-state index in [1.165, 1.54) is 24.3 Å². The van der Waals surface area contributed by atoms with Crippen molar-refractivity contribution in [3.8, 4) is 0 Å².